The molecule has 0 unspecified atom stereocenters. The van der Waals surface area contributed by atoms with Gasteiger partial charge in [0.15, 0.2) is 0 Å². The van der Waals surface area contributed by atoms with Gasteiger partial charge in [0.1, 0.15) is 0 Å². The molecule has 0 saturated heterocycles. The summed E-state index contributed by atoms with van der Waals surface area (Å²) in [5.41, 5.74) is 32.2. The molecule has 0 aliphatic rings. The number of nitrogens with zero attached hydrogens (tertiary/aromatic N) is 1. The Morgan fingerprint density at radius 3 is 1.72 bits per heavy atom. The van der Waals surface area contributed by atoms with Gasteiger partial charge in [-0.25, -0.2) is 0 Å². The van der Waals surface area contributed by atoms with E-state index in [-0.39, 0.29) is 5.92 Å². The topological polar surface area (TPSA) is 117 Å². The molecule has 0 aliphatic carbocycles. The highest BCUT2D eigenvalue weighted by atomic mass is 14.7. The van der Waals surface area contributed by atoms with Gasteiger partial charge in [-0.05, 0) is 59.9 Å². The molecule has 5 heteroatoms. The van der Waals surface area contributed by atoms with E-state index in [1.165, 1.54) is 0 Å². The number of anilines is 4. The SMILES string of the molecule is Cc1c(N)ccc(C(c2cccnc2)c2ccc(N)c(C)c2N)c1N. The van der Waals surface area contributed by atoms with Crippen molar-refractivity contribution >= 4 is 22.7 Å². The van der Waals surface area contributed by atoms with Gasteiger partial charge in [0.2, 0.25) is 0 Å². The van der Waals surface area contributed by atoms with Gasteiger partial charge in [0.05, 0.1) is 0 Å². The third kappa shape index (κ3) is 2.85. The first-order valence-corrected chi connectivity index (χ1v) is 8.10. The van der Waals surface area contributed by atoms with Gasteiger partial charge >= 0.3 is 0 Å². The molecule has 0 saturated carbocycles. The van der Waals surface area contributed by atoms with Crippen LogP contribution in [0.2, 0.25) is 0 Å². The van der Waals surface area contributed by atoms with E-state index in [1.807, 2.05) is 56.4 Å². The molecule has 0 aliphatic heterocycles. The van der Waals surface area contributed by atoms with Crippen molar-refractivity contribution in [3.63, 3.8) is 0 Å². The molecule has 5 nitrogen and oxygen atoms in total. The summed E-state index contributed by atoms with van der Waals surface area (Å²) in [7, 11) is 0. The molecule has 0 bridgehead atoms. The zero-order valence-electron chi connectivity index (χ0n) is 14.5. The van der Waals surface area contributed by atoms with E-state index in [9.17, 15) is 0 Å². The average Bonchev–Trinajstić information content (AvgIpc) is 2.62. The van der Waals surface area contributed by atoms with E-state index >= 15 is 0 Å². The minimum absolute atomic E-state index is 0.146. The number of benzene rings is 2. The summed E-state index contributed by atoms with van der Waals surface area (Å²) in [6.07, 6.45) is 3.58. The fourth-order valence-electron chi connectivity index (χ4n) is 3.11. The zero-order chi connectivity index (χ0) is 18.1. The number of rotatable bonds is 3. The largest absolute Gasteiger partial charge is 0.398 e. The van der Waals surface area contributed by atoms with Crippen LogP contribution < -0.4 is 22.9 Å². The second kappa shape index (κ2) is 6.36. The maximum atomic E-state index is 6.41. The summed E-state index contributed by atoms with van der Waals surface area (Å²) < 4.78 is 0. The molecular weight excluding hydrogens is 310 g/mol. The maximum Gasteiger partial charge on any atom is 0.0406 e. The van der Waals surface area contributed by atoms with Gasteiger partial charge in [-0.15, -0.1) is 0 Å². The predicted molar refractivity (Wildman–Crippen MR) is 105 cm³/mol. The molecule has 0 spiro atoms. The third-order valence-electron chi connectivity index (χ3n) is 4.82. The van der Waals surface area contributed by atoms with Crippen molar-refractivity contribution in [2.24, 2.45) is 0 Å². The van der Waals surface area contributed by atoms with Gasteiger partial charge in [-0.2, -0.15) is 0 Å². The number of aromatic nitrogens is 1. The number of hydrogen-bond donors (Lipinski definition) is 4. The molecular formula is C20H23N5. The number of nitrogens with two attached hydrogens (primary N) is 4. The second-order valence-electron chi connectivity index (χ2n) is 6.28. The molecule has 3 aromatic rings. The molecule has 1 aromatic heterocycles. The molecule has 0 radical (unpaired) electrons. The van der Waals surface area contributed by atoms with Crippen molar-refractivity contribution in [2.45, 2.75) is 19.8 Å². The van der Waals surface area contributed by atoms with Crippen LogP contribution in [0.15, 0.2) is 48.8 Å². The van der Waals surface area contributed by atoms with Crippen LogP contribution in [0.3, 0.4) is 0 Å². The van der Waals surface area contributed by atoms with Crippen LogP contribution in [0.25, 0.3) is 0 Å². The Hall–Kier alpha value is -3.21. The van der Waals surface area contributed by atoms with Crippen LogP contribution in [-0.2, 0) is 0 Å². The standard InChI is InChI=1S/C20H23N5/c1-11-16(21)7-5-14(19(11)23)18(13-4-3-9-25-10-13)15-6-8-17(22)12(2)20(15)24/h3-10,18H,21-24H2,1-2H3. The van der Waals surface area contributed by atoms with Crippen LogP contribution in [-0.4, -0.2) is 4.98 Å². The highest BCUT2D eigenvalue weighted by molar-refractivity contribution is 5.72. The summed E-state index contributed by atoms with van der Waals surface area (Å²) in [4.78, 5) is 4.26. The maximum absolute atomic E-state index is 6.41. The smallest absolute Gasteiger partial charge is 0.0406 e. The molecule has 8 N–H and O–H groups in total. The number of nitrogen functional groups attached to an aromatic ring is 4. The highest BCUT2D eigenvalue weighted by Gasteiger charge is 2.23. The molecule has 0 amide bonds. The van der Waals surface area contributed by atoms with E-state index in [0.29, 0.717) is 22.7 Å². The Morgan fingerprint density at radius 2 is 1.28 bits per heavy atom. The van der Waals surface area contributed by atoms with E-state index in [4.69, 9.17) is 22.9 Å². The van der Waals surface area contributed by atoms with Crippen molar-refractivity contribution in [3.05, 3.63) is 76.6 Å². The van der Waals surface area contributed by atoms with Gasteiger partial charge < -0.3 is 22.9 Å². The van der Waals surface area contributed by atoms with Crippen molar-refractivity contribution in [2.75, 3.05) is 22.9 Å². The summed E-state index contributed by atoms with van der Waals surface area (Å²) in [6.45, 7) is 3.85. The van der Waals surface area contributed by atoms with Crippen LogP contribution in [0, 0.1) is 13.8 Å². The summed E-state index contributed by atoms with van der Waals surface area (Å²) in [5.74, 6) is -0.146. The van der Waals surface area contributed by atoms with E-state index in [0.717, 1.165) is 27.8 Å². The Morgan fingerprint density at radius 1 is 0.760 bits per heavy atom. The first kappa shape index (κ1) is 16.6. The lowest BCUT2D eigenvalue weighted by atomic mass is 9.82. The number of pyridine rings is 1. The Balaban J connectivity index is 2.30. The predicted octanol–water partition coefficient (Wildman–Crippen LogP) is 3.21. The molecule has 3 rings (SSSR count). The summed E-state index contributed by atoms with van der Waals surface area (Å²) in [6, 6.07) is 11.6. The van der Waals surface area contributed by atoms with Gasteiger partial charge in [0.25, 0.3) is 0 Å². The van der Waals surface area contributed by atoms with Crippen LogP contribution in [0.5, 0.6) is 0 Å². The van der Waals surface area contributed by atoms with Crippen molar-refractivity contribution < 1.29 is 0 Å². The fraction of sp³-hybridized carbons (Fsp3) is 0.150. The highest BCUT2D eigenvalue weighted by Crippen LogP contribution is 2.41. The monoisotopic (exact) mass is 333 g/mol. The second-order valence-corrected chi connectivity index (χ2v) is 6.28. The lowest BCUT2D eigenvalue weighted by Crippen LogP contribution is -2.12. The minimum Gasteiger partial charge on any atom is -0.398 e. The van der Waals surface area contributed by atoms with E-state index in [2.05, 4.69) is 4.98 Å². The molecule has 2 aromatic carbocycles. The lowest BCUT2D eigenvalue weighted by molar-refractivity contribution is 0.966. The molecule has 0 fully saturated rings. The average molecular weight is 333 g/mol. The minimum atomic E-state index is -0.146. The molecule has 1 heterocycles. The lowest BCUT2D eigenvalue weighted by Gasteiger charge is -2.24. The molecule has 128 valence electrons. The number of hydrogen-bond acceptors (Lipinski definition) is 5. The van der Waals surface area contributed by atoms with E-state index < -0.39 is 0 Å². The van der Waals surface area contributed by atoms with Gasteiger partial charge in [-0.1, -0.05) is 18.2 Å². The normalized spacial score (nSPS) is 11.0. The quantitative estimate of drug-likeness (QED) is 0.549. The van der Waals surface area contributed by atoms with Gasteiger partial charge in [0, 0.05) is 41.1 Å². The summed E-state index contributed by atoms with van der Waals surface area (Å²) >= 11 is 0. The first-order valence-electron chi connectivity index (χ1n) is 8.10. The Bertz CT molecular complexity index is 862. The van der Waals surface area contributed by atoms with Crippen LogP contribution in [0.1, 0.15) is 33.7 Å². The molecule has 25 heavy (non-hydrogen) atoms. The van der Waals surface area contributed by atoms with Gasteiger partial charge in [-0.3, -0.25) is 4.98 Å². The first-order chi connectivity index (χ1) is 11.9. The van der Waals surface area contributed by atoms with E-state index in [1.54, 1.807) is 6.20 Å². The van der Waals surface area contributed by atoms with Crippen molar-refractivity contribution in [1.29, 1.82) is 0 Å². The summed E-state index contributed by atoms with van der Waals surface area (Å²) in [5, 5.41) is 0. The van der Waals surface area contributed by atoms with Crippen LogP contribution in [0.4, 0.5) is 22.7 Å². The third-order valence-corrected chi connectivity index (χ3v) is 4.82. The van der Waals surface area contributed by atoms with Crippen LogP contribution >= 0.6 is 0 Å². The Kier molecular flexibility index (Phi) is 4.23. The zero-order valence-corrected chi connectivity index (χ0v) is 14.5. The molecule has 0 atom stereocenters. The fourth-order valence-corrected chi connectivity index (χ4v) is 3.11. The van der Waals surface area contributed by atoms with Crippen molar-refractivity contribution in [3.8, 4) is 0 Å². The van der Waals surface area contributed by atoms with Crippen molar-refractivity contribution in [1.82, 2.24) is 4.98 Å². The Labute approximate surface area is 147 Å².